The number of carbonyl (C=O) groups is 1. The van der Waals surface area contributed by atoms with Gasteiger partial charge in [-0.1, -0.05) is 6.07 Å². The van der Waals surface area contributed by atoms with Crippen LogP contribution in [0.25, 0.3) is 0 Å². The summed E-state index contributed by atoms with van der Waals surface area (Å²) in [5.74, 6) is -2.29. The number of nitrogens with two attached hydrogens (primary N) is 1. The Labute approximate surface area is 114 Å². The maximum absolute atomic E-state index is 13.1. The molecule has 0 aliphatic rings. The zero-order chi connectivity index (χ0) is 15.3. The largest absolute Gasteiger partial charge is 0.419 e. The molecule has 112 valence electrons. The fourth-order valence-electron chi connectivity index (χ4n) is 1.80. The van der Waals surface area contributed by atoms with Gasteiger partial charge in [-0.2, -0.15) is 13.2 Å². The Balaban J connectivity index is 2.95. The molecule has 0 fully saturated rings. The third-order valence-corrected chi connectivity index (χ3v) is 2.82. The van der Waals surface area contributed by atoms with Gasteiger partial charge in [-0.3, -0.25) is 4.79 Å². The van der Waals surface area contributed by atoms with Crippen molar-refractivity contribution in [1.82, 2.24) is 5.32 Å². The first-order chi connectivity index (χ1) is 9.29. The minimum atomic E-state index is -4.76. The molecule has 0 aliphatic carbocycles. The van der Waals surface area contributed by atoms with E-state index < -0.39 is 23.5 Å². The predicted molar refractivity (Wildman–Crippen MR) is 66.3 cm³/mol. The second-order valence-corrected chi connectivity index (χ2v) is 4.34. The zero-order valence-corrected chi connectivity index (χ0v) is 10.9. The molecule has 0 heterocycles. The molecule has 0 spiro atoms. The molecule has 3 nitrogen and oxygen atoms in total. The molecular weight excluding hydrogens is 276 g/mol. The minimum Gasteiger partial charge on any atom is -0.356 e. The van der Waals surface area contributed by atoms with Crippen molar-refractivity contribution >= 4 is 5.91 Å². The molecule has 20 heavy (non-hydrogen) atoms. The lowest BCUT2D eigenvalue weighted by molar-refractivity contribution is -0.140. The van der Waals surface area contributed by atoms with Crippen molar-refractivity contribution in [1.29, 1.82) is 0 Å². The number of hydrogen-bond donors (Lipinski definition) is 2. The lowest BCUT2D eigenvalue weighted by atomic mass is 9.97. The standard InChI is InChI=1S/C13H16F4N2O/c1-2-19-12(20)9(7-18)5-8-3-4-11(14)10(6-8)13(15,16)17/h3-4,6,9H,2,5,7,18H2,1H3,(H,19,20). The molecule has 0 aromatic heterocycles. The average molecular weight is 292 g/mol. The van der Waals surface area contributed by atoms with Gasteiger partial charge in [-0.15, -0.1) is 0 Å². The maximum atomic E-state index is 13.1. The van der Waals surface area contributed by atoms with Gasteiger partial charge in [-0.25, -0.2) is 4.39 Å². The smallest absolute Gasteiger partial charge is 0.356 e. The average Bonchev–Trinajstić information content (AvgIpc) is 2.36. The summed E-state index contributed by atoms with van der Waals surface area (Å²) in [4.78, 5) is 11.6. The summed E-state index contributed by atoms with van der Waals surface area (Å²) in [7, 11) is 0. The van der Waals surface area contributed by atoms with E-state index >= 15 is 0 Å². The Bertz CT molecular complexity index is 474. The Hall–Kier alpha value is -1.63. The lowest BCUT2D eigenvalue weighted by Gasteiger charge is -2.15. The highest BCUT2D eigenvalue weighted by Crippen LogP contribution is 2.32. The van der Waals surface area contributed by atoms with E-state index in [2.05, 4.69) is 5.32 Å². The van der Waals surface area contributed by atoms with Crippen LogP contribution in [0.15, 0.2) is 18.2 Å². The number of hydrogen-bond acceptors (Lipinski definition) is 2. The van der Waals surface area contributed by atoms with Gasteiger partial charge in [0.15, 0.2) is 0 Å². The van der Waals surface area contributed by atoms with E-state index in [4.69, 9.17) is 5.73 Å². The summed E-state index contributed by atoms with van der Waals surface area (Å²) in [5, 5.41) is 2.56. The molecule has 0 saturated heterocycles. The fourth-order valence-corrected chi connectivity index (χ4v) is 1.80. The summed E-state index contributed by atoms with van der Waals surface area (Å²) < 4.78 is 50.9. The van der Waals surface area contributed by atoms with Crippen LogP contribution in [0.5, 0.6) is 0 Å². The van der Waals surface area contributed by atoms with Crippen molar-refractivity contribution < 1.29 is 22.4 Å². The van der Waals surface area contributed by atoms with E-state index in [-0.39, 0.29) is 24.4 Å². The first-order valence-electron chi connectivity index (χ1n) is 6.13. The van der Waals surface area contributed by atoms with Crippen LogP contribution in [-0.2, 0) is 17.4 Å². The summed E-state index contributed by atoms with van der Waals surface area (Å²) in [6.07, 6.45) is -4.73. The molecule has 3 N–H and O–H groups in total. The van der Waals surface area contributed by atoms with Crippen LogP contribution >= 0.6 is 0 Å². The maximum Gasteiger partial charge on any atom is 0.419 e. The Morgan fingerprint density at radius 2 is 2.05 bits per heavy atom. The van der Waals surface area contributed by atoms with Crippen LogP contribution in [-0.4, -0.2) is 19.0 Å². The highest BCUT2D eigenvalue weighted by atomic mass is 19.4. The van der Waals surface area contributed by atoms with E-state index in [0.29, 0.717) is 6.54 Å². The molecule has 1 rings (SSSR count). The summed E-state index contributed by atoms with van der Waals surface area (Å²) in [6.45, 7) is 2.14. The number of alkyl halides is 3. The highest BCUT2D eigenvalue weighted by molar-refractivity contribution is 5.79. The molecule has 7 heteroatoms. The number of carbonyl (C=O) groups excluding carboxylic acids is 1. The van der Waals surface area contributed by atoms with Gasteiger partial charge in [-0.05, 0) is 31.0 Å². The topological polar surface area (TPSA) is 55.1 Å². The van der Waals surface area contributed by atoms with Gasteiger partial charge in [0.25, 0.3) is 0 Å². The van der Waals surface area contributed by atoms with E-state index in [9.17, 15) is 22.4 Å². The quantitative estimate of drug-likeness (QED) is 0.817. The predicted octanol–water partition coefficient (Wildman–Crippen LogP) is 2.10. The SMILES string of the molecule is CCNC(=O)C(CN)Cc1ccc(F)c(C(F)(F)F)c1. The molecule has 0 aliphatic heterocycles. The highest BCUT2D eigenvalue weighted by Gasteiger charge is 2.34. The number of nitrogens with one attached hydrogen (secondary N) is 1. The molecule has 1 aromatic carbocycles. The number of halogens is 4. The Morgan fingerprint density at radius 3 is 2.55 bits per heavy atom. The molecule has 1 amide bonds. The van der Waals surface area contributed by atoms with Crippen LogP contribution < -0.4 is 11.1 Å². The van der Waals surface area contributed by atoms with Crippen molar-refractivity contribution in [2.75, 3.05) is 13.1 Å². The first kappa shape index (κ1) is 16.4. The molecule has 1 unspecified atom stereocenters. The van der Waals surface area contributed by atoms with Crippen LogP contribution in [0.3, 0.4) is 0 Å². The number of amides is 1. The summed E-state index contributed by atoms with van der Waals surface area (Å²) in [5.41, 5.74) is 4.34. The second-order valence-electron chi connectivity index (χ2n) is 4.34. The van der Waals surface area contributed by atoms with Gasteiger partial charge in [0.05, 0.1) is 11.5 Å². The number of benzene rings is 1. The van der Waals surface area contributed by atoms with E-state index in [1.54, 1.807) is 6.92 Å². The third-order valence-electron chi connectivity index (χ3n) is 2.82. The first-order valence-corrected chi connectivity index (χ1v) is 6.13. The molecule has 0 radical (unpaired) electrons. The molecule has 1 atom stereocenters. The normalized spacial score (nSPS) is 13.1. The fraction of sp³-hybridized carbons (Fsp3) is 0.462. The monoisotopic (exact) mass is 292 g/mol. The minimum absolute atomic E-state index is 0.00452. The lowest BCUT2D eigenvalue weighted by Crippen LogP contribution is -2.36. The third kappa shape index (κ3) is 4.19. The van der Waals surface area contributed by atoms with Crippen molar-refractivity contribution in [3.05, 3.63) is 35.1 Å². The number of rotatable bonds is 5. The van der Waals surface area contributed by atoms with Gasteiger partial charge >= 0.3 is 6.18 Å². The summed E-state index contributed by atoms with van der Waals surface area (Å²) in [6, 6.07) is 2.70. The summed E-state index contributed by atoms with van der Waals surface area (Å²) >= 11 is 0. The van der Waals surface area contributed by atoms with Crippen LogP contribution in [0.2, 0.25) is 0 Å². The van der Waals surface area contributed by atoms with E-state index in [0.717, 1.165) is 12.1 Å². The molecule has 1 aromatic rings. The van der Waals surface area contributed by atoms with Crippen molar-refractivity contribution in [3.8, 4) is 0 Å². The molecular formula is C13H16F4N2O. The second kappa shape index (κ2) is 6.69. The van der Waals surface area contributed by atoms with E-state index in [1.165, 1.54) is 6.07 Å². The zero-order valence-electron chi connectivity index (χ0n) is 10.9. The van der Waals surface area contributed by atoms with Crippen molar-refractivity contribution in [3.63, 3.8) is 0 Å². The van der Waals surface area contributed by atoms with E-state index in [1.807, 2.05) is 0 Å². The Morgan fingerprint density at radius 1 is 1.40 bits per heavy atom. The van der Waals surface area contributed by atoms with Crippen LogP contribution in [0.1, 0.15) is 18.1 Å². The Kier molecular flexibility index (Phi) is 5.50. The van der Waals surface area contributed by atoms with Gasteiger partial charge in [0.2, 0.25) is 5.91 Å². The molecule has 0 saturated carbocycles. The van der Waals surface area contributed by atoms with Gasteiger partial charge < -0.3 is 11.1 Å². The van der Waals surface area contributed by atoms with Crippen molar-refractivity contribution in [2.45, 2.75) is 19.5 Å². The van der Waals surface area contributed by atoms with Crippen molar-refractivity contribution in [2.24, 2.45) is 11.7 Å². The van der Waals surface area contributed by atoms with Crippen LogP contribution in [0, 0.1) is 11.7 Å². The van der Waals surface area contributed by atoms with Crippen LogP contribution in [0.4, 0.5) is 17.6 Å². The van der Waals surface area contributed by atoms with Gasteiger partial charge in [0.1, 0.15) is 5.82 Å². The molecule has 0 bridgehead atoms. The van der Waals surface area contributed by atoms with Gasteiger partial charge in [0, 0.05) is 13.1 Å².